The van der Waals surface area contributed by atoms with E-state index >= 15 is 0 Å². The molecule has 1 heterocycles. The lowest BCUT2D eigenvalue weighted by atomic mass is 9.88. The van der Waals surface area contributed by atoms with E-state index in [-0.39, 0.29) is 5.92 Å². The van der Waals surface area contributed by atoms with Crippen LogP contribution in [0.15, 0.2) is 0 Å². The van der Waals surface area contributed by atoms with Gasteiger partial charge in [0.15, 0.2) is 0 Å². The minimum Gasteiger partial charge on any atom is -0.480 e. The number of amides is 3. The van der Waals surface area contributed by atoms with Gasteiger partial charge < -0.3 is 10.4 Å². The van der Waals surface area contributed by atoms with E-state index in [1.807, 2.05) is 0 Å². The summed E-state index contributed by atoms with van der Waals surface area (Å²) in [5.74, 6) is -1.77. The molecule has 1 aliphatic rings. The lowest BCUT2D eigenvalue weighted by Gasteiger charge is -2.25. The summed E-state index contributed by atoms with van der Waals surface area (Å²) in [5.41, 5.74) is -0.994. The molecule has 0 aromatic rings. The monoisotopic (exact) mass is 214 g/mol. The molecule has 1 unspecified atom stereocenters. The summed E-state index contributed by atoms with van der Waals surface area (Å²) >= 11 is 0. The van der Waals surface area contributed by atoms with Crippen LogP contribution in [0.5, 0.6) is 0 Å². The zero-order valence-corrected chi connectivity index (χ0v) is 8.90. The van der Waals surface area contributed by atoms with Gasteiger partial charge in [-0.05, 0) is 12.8 Å². The molecule has 1 atom stereocenters. The van der Waals surface area contributed by atoms with Crippen LogP contribution >= 0.6 is 0 Å². The van der Waals surface area contributed by atoms with E-state index in [4.69, 9.17) is 5.11 Å². The summed E-state index contributed by atoms with van der Waals surface area (Å²) < 4.78 is 0. The Morgan fingerprint density at radius 2 is 2.07 bits per heavy atom. The molecule has 1 saturated heterocycles. The molecule has 0 radical (unpaired) electrons. The first-order chi connectivity index (χ1) is 6.79. The number of imide groups is 1. The first-order valence-corrected chi connectivity index (χ1v) is 4.65. The summed E-state index contributed by atoms with van der Waals surface area (Å²) in [6.07, 6.45) is 0. The smallest absolute Gasteiger partial charge is 0.325 e. The van der Waals surface area contributed by atoms with Crippen molar-refractivity contribution >= 4 is 17.9 Å². The molecule has 0 aromatic carbocycles. The number of carboxylic acids is 1. The molecule has 0 aliphatic carbocycles. The third kappa shape index (κ3) is 1.79. The number of carbonyl (C=O) groups is 3. The Labute approximate surface area is 87.2 Å². The topological polar surface area (TPSA) is 86.7 Å². The van der Waals surface area contributed by atoms with Gasteiger partial charge in [-0.3, -0.25) is 14.5 Å². The van der Waals surface area contributed by atoms with Gasteiger partial charge in [-0.2, -0.15) is 0 Å². The number of aliphatic carboxylic acids is 1. The van der Waals surface area contributed by atoms with Gasteiger partial charge in [0.2, 0.25) is 0 Å². The molecule has 1 fully saturated rings. The number of carboxylic acid groups (broad SMARTS) is 1. The van der Waals surface area contributed by atoms with E-state index in [0.29, 0.717) is 0 Å². The molecule has 0 spiro atoms. The van der Waals surface area contributed by atoms with Crippen LogP contribution < -0.4 is 5.32 Å². The van der Waals surface area contributed by atoms with Gasteiger partial charge in [0.1, 0.15) is 12.1 Å². The molecule has 15 heavy (non-hydrogen) atoms. The highest BCUT2D eigenvalue weighted by Gasteiger charge is 2.50. The highest BCUT2D eigenvalue weighted by atomic mass is 16.4. The molecular weight excluding hydrogens is 200 g/mol. The maximum absolute atomic E-state index is 11.8. The van der Waals surface area contributed by atoms with Gasteiger partial charge in [-0.25, -0.2) is 4.79 Å². The Hall–Kier alpha value is -1.59. The van der Waals surface area contributed by atoms with Gasteiger partial charge >= 0.3 is 12.0 Å². The van der Waals surface area contributed by atoms with Crippen LogP contribution in [0.2, 0.25) is 0 Å². The van der Waals surface area contributed by atoms with Crippen LogP contribution in [0, 0.1) is 5.92 Å². The third-order valence-corrected chi connectivity index (χ3v) is 2.75. The number of nitrogens with one attached hydrogen (secondary N) is 1. The van der Waals surface area contributed by atoms with Gasteiger partial charge in [0, 0.05) is 0 Å². The molecular formula is C9H14N2O4. The van der Waals surface area contributed by atoms with E-state index < -0.39 is 30.0 Å². The molecule has 0 saturated carbocycles. The Bertz CT molecular complexity index is 326. The maximum Gasteiger partial charge on any atom is 0.325 e. The number of hydrogen-bond donors (Lipinski definition) is 2. The van der Waals surface area contributed by atoms with Crippen LogP contribution in [0.25, 0.3) is 0 Å². The Balaban J connectivity index is 2.93. The fraction of sp³-hybridized carbons (Fsp3) is 0.667. The van der Waals surface area contributed by atoms with Crippen molar-refractivity contribution in [2.45, 2.75) is 26.3 Å². The minimum absolute atomic E-state index is 0.0901. The molecule has 3 amide bonds. The number of urea groups is 1. The summed E-state index contributed by atoms with van der Waals surface area (Å²) in [6, 6.07) is -0.640. The van der Waals surface area contributed by atoms with Crippen molar-refractivity contribution in [1.29, 1.82) is 0 Å². The Morgan fingerprint density at radius 1 is 1.53 bits per heavy atom. The molecule has 1 aliphatic heterocycles. The third-order valence-electron chi connectivity index (χ3n) is 2.75. The molecule has 84 valence electrons. The standard InChI is InChI=1S/C9H14N2O4/c1-5(2)9(3)7(14)11(4-6(12)13)8(15)10-9/h5H,4H2,1-3H3,(H,10,15)(H,12,13). The average Bonchev–Trinajstić information content (AvgIpc) is 2.30. The van der Waals surface area contributed by atoms with Gasteiger partial charge in [0.25, 0.3) is 5.91 Å². The SMILES string of the molecule is CC(C)C1(C)NC(=O)N(CC(=O)O)C1=O. The molecule has 6 nitrogen and oxygen atoms in total. The predicted molar refractivity (Wildman–Crippen MR) is 51.1 cm³/mol. The van der Waals surface area contributed by atoms with Gasteiger partial charge in [-0.15, -0.1) is 0 Å². The molecule has 0 aromatic heterocycles. The highest BCUT2D eigenvalue weighted by molar-refractivity contribution is 6.08. The Kier molecular flexibility index (Phi) is 2.70. The second kappa shape index (κ2) is 3.52. The summed E-state index contributed by atoms with van der Waals surface area (Å²) in [4.78, 5) is 34.3. The lowest BCUT2D eigenvalue weighted by molar-refractivity contribution is -0.143. The number of rotatable bonds is 3. The number of hydrogen-bond acceptors (Lipinski definition) is 3. The first-order valence-electron chi connectivity index (χ1n) is 4.65. The zero-order valence-electron chi connectivity index (χ0n) is 8.90. The summed E-state index contributed by atoms with van der Waals surface area (Å²) in [7, 11) is 0. The van der Waals surface area contributed by atoms with Gasteiger partial charge in [-0.1, -0.05) is 13.8 Å². The van der Waals surface area contributed by atoms with Crippen LogP contribution in [0.4, 0.5) is 4.79 Å². The largest absolute Gasteiger partial charge is 0.480 e. The van der Waals surface area contributed by atoms with Crippen molar-refractivity contribution in [1.82, 2.24) is 10.2 Å². The molecule has 6 heteroatoms. The van der Waals surface area contributed by atoms with Crippen molar-refractivity contribution in [2.75, 3.05) is 6.54 Å². The average molecular weight is 214 g/mol. The van der Waals surface area contributed by atoms with Crippen LogP contribution in [0.3, 0.4) is 0 Å². The fourth-order valence-electron chi connectivity index (χ4n) is 1.39. The van der Waals surface area contributed by atoms with Crippen molar-refractivity contribution in [3.05, 3.63) is 0 Å². The molecule has 2 N–H and O–H groups in total. The van der Waals surface area contributed by atoms with Crippen LogP contribution in [0.1, 0.15) is 20.8 Å². The van der Waals surface area contributed by atoms with Crippen molar-refractivity contribution in [2.24, 2.45) is 5.92 Å². The van der Waals surface area contributed by atoms with Crippen molar-refractivity contribution in [3.8, 4) is 0 Å². The Morgan fingerprint density at radius 3 is 2.40 bits per heavy atom. The lowest BCUT2D eigenvalue weighted by Crippen LogP contribution is -2.48. The van der Waals surface area contributed by atoms with Crippen molar-refractivity contribution in [3.63, 3.8) is 0 Å². The van der Waals surface area contributed by atoms with E-state index in [9.17, 15) is 14.4 Å². The fourth-order valence-corrected chi connectivity index (χ4v) is 1.39. The number of carbonyl (C=O) groups excluding carboxylic acids is 2. The van der Waals surface area contributed by atoms with Gasteiger partial charge in [0.05, 0.1) is 0 Å². The second-order valence-electron chi connectivity index (χ2n) is 4.07. The second-order valence-corrected chi connectivity index (χ2v) is 4.07. The minimum atomic E-state index is -1.20. The van der Waals surface area contributed by atoms with Crippen LogP contribution in [-0.4, -0.2) is 40.0 Å². The van der Waals surface area contributed by atoms with Crippen molar-refractivity contribution < 1.29 is 19.5 Å². The van der Waals surface area contributed by atoms with E-state index in [0.717, 1.165) is 4.90 Å². The normalized spacial score (nSPS) is 26.0. The predicted octanol–water partition coefficient (Wildman–Crippen LogP) is 0.0375. The summed E-state index contributed by atoms with van der Waals surface area (Å²) in [5, 5.41) is 11.1. The van der Waals surface area contributed by atoms with E-state index in [1.54, 1.807) is 20.8 Å². The van der Waals surface area contributed by atoms with E-state index in [1.165, 1.54) is 0 Å². The first kappa shape index (κ1) is 11.5. The summed E-state index contributed by atoms with van der Waals surface area (Å²) in [6.45, 7) is 4.59. The van der Waals surface area contributed by atoms with E-state index in [2.05, 4.69) is 5.32 Å². The number of nitrogens with zero attached hydrogens (tertiary/aromatic N) is 1. The molecule has 1 rings (SSSR count). The maximum atomic E-state index is 11.8. The quantitative estimate of drug-likeness (QED) is 0.649. The molecule has 0 bridgehead atoms. The highest BCUT2D eigenvalue weighted by Crippen LogP contribution is 2.24. The van der Waals surface area contributed by atoms with Crippen LogP contribution in [-0.2, 0) is 9.59 Å². The zero-order chi connectivity index (χ0) is 11.8.